The SMILES string of the molecule is O=C(Nc1ccc(C(F)(F)F)cn1)c1n[nH]c2ccc(-c3cncc(CN4CCC(O)CC4)c3)cc12. The molecule has 0 spiro atoms. The van der Waals surface area contributed by atoms with E-state index in [4.69, 9.17) is 0 Å². The number of benzene rings is 1. The number of rotatable bonds is 5. The summed E-state index contributed by atoms with van der Waals surface area (Å²) in [4.78, 5) is 23.2. The molecule has 5 rings (SSSR count). The predicted octanol–water partition coefficient (Wildman–Crippen LogP) is 4.25. The van der Waals surface area contributed by atoms with Crippen LogP contribution in [0.15, 0.2) is 55.0 Å². The van der Waals surface area contributed by atoms with E-state index >= 15 is 0 Å². The molecule has 11 heteroatoms. The summed E-state index contributed by atoms with van der Waals surface area (Å²) in [5, 5.41) is 19.7. The average Bonchev–Trinajstić information content (AvgIpc) is 3.29. The molecule has 1 fully saturated rings. The standard InChI is InChI=1S/C25H23F3N6O2/c26-25(27,28)18-2-4-22(30-13-18)31-24(36)23-20-10-16(1-3-21(20)32-33-23)17-9-15(11-29-12-17)14-34-7-5-19(35)6-8-34/h1-4,9-13,19,35H,5-8,14H2,(H,32,33)(H,30,31,36). The Bertz CT molecular complexity index is 1380. The maximum Gasteiger partial charge on any atom is 0.417 e. The summed E-state index contributed by atoms with van der Waals surface area (Å²) in [5.74, 6) is -0.604. The first kappa shape index (κ1) is 23.9. The summed E-state index contributed by atoms with van der Waals surface area (Å²) in [5.41, 5.74) is 2.61. The zero-order valence-electron chi connectivity index (χ0n) is 19.1. The summed E-state index contributed by atoms with van der Waals surface area (Å²) in [7, 11) is 0. The van der Waals surface area contributed by atoms with E-state index in [1.54, 1.807) is 6.20 Å². The second-order valence-electron chi connectivity index (χ2n) is 8.81. The van der Waals surface area contributed by atoms with E-state index in [9.17, 15) is 23.1 Å². The van der Waals surface area contributed by atoms with E-state index in [0.29, 0.717) is 17.1 Å². The summed E-state index contributed by atoms with van der Waals surface area (Å²) < 4.78 is 38.3. The van der Waals surface area contributed by atoms with Crippen molar-refractivity contribution in [3.05, 3.63) is 71.8 Å². The van der Waals surface area contributed by atoms with E-state index in [1.807, 2.05) is 30.5 Å². The normalized spacial score (nSPS) is 15.3. The second-order valence-corrected chi connectivity index (χ2v) is 8.81. The maximum absolute atomic E-state index is 12.8. The summed E-state index contributed by atoms with van der Waals surface area (Å²) in [6.45, 7) is 2.40. The van der Waals surface area contributed by atoms with Gasteiger partial charge in [-0.1, -0.05) is 6.07 Å². The quantitative estimate of drug-likeness (QED) is 0.382. The number of likely N-dealkylation sites (tertiary alicyclic amines) is 1. The Morgan fingerprint density at radius 2 is 1.89 bits per heavy atom. The number of carbonyl (C=O) groups excluding carboxylic acids is 1. The fraction of sp³-hybridized carbons (Fsp3) is 0.280. The van der Waals surface area contributed by atoms with Gasteiger partial charge in [0, 0.05) is 49.2 Å². The van der Waals surface area contributed by atoms with Crippen molar-refractivity contribution in [1.82, 2.24) is 25.1 Å². The topological polar surface area (TPSA) is 107 Å². The molecule has 1 amide bonds. The largest absolute Gasteiger partial charge is 0.417 e. The van der Waals surface area contributed by atoms with Crippen LogP contribution in [-0.4, -0.2) is 55.3 Å². The smallest absolute Gasteiger partial charge is 0.393 e. The molecule has 4 aromatic rings. The molecular formula is C25H23F3N6O2. The van der Waals surface area contributed by atoms with Crippen LogP contribution in [0.1, 0.15) is 34.5 Å². The molecule has 0 aliphatic carbocycles. The monoisotopic (exact) mass is 496 g/mol. The Balaban J connectivity index is 1.35. The van der Waals surface area contributed by atoms with Crippen molar-refractivity contribution in [3.8, 4) is 11.1 Å². The van der Waals surface area contributed by atoms with Crippen LogP contribution < -0.4 is 5.32 Å². The van der Waals surface area contributed by atoms with Gasteiger partial charge in [0.25, 0.3) is 5.91 Å². The number of aromatic nitrogens is 4. The molecule has 0 radical (unpaired) electrons. The summed E-state index contributed by atoms with van der Waals surface area (Å²) in [6.07, 6.45) is 1.02. The summed E-state index contributed by atoms with van der Waals surface area (Å²) in [6, 6.07) is 9.54. The zero-order chi connectivity index (χ0) is 25.3. The molecule has 186 valence electrons. The van der Waals surface area contributed by atoms with Crippen LogP contribution in [0, 0.1) is 0 Å². The van der Waals surface area contributed by atoms with Crippen molar-refractivity contribution >= 4 is 22.6 Å². The van der Waals surface area contributed by atoms with Crippen LogP contribution in [0.25, 0.3) is 22.0 Å². The van der Waals surface area contributed by atoms with Gasteiger partial charge in [-0.2, -0.15) is 18.3 Å². The van der Waals surface area contributed by atoms with E-state index in [2.05, 4.69) is 30.4 Å². The Kier molecular flexibility index (Phi) is 6.42. The number of H-pyrrole nitrogens is 1. The van der Waals surface area contributed by atoms with Crippen molar-refractivity contribution in [2.24, 2.45) is 0 Å². The lowest BCUT2D eigenvalue weighted by Gasteiger charge is -2.29. The minimum Gasteiger partial charge on any atom is -0.393 e. The minimum atomic E-state index is -4.51. The number of anilines is 1. The van der Waals surface area contributed by atoms with Gasteiger partial charge in [-0.25, -0.2) is 4.98 Å². The fourth-order valence-corrected chi connectivity index (χ4v) is 4.25. The molecule has 0 unspecified atom stereocenters. The Morgan fingerprint density at radius 1 is 1.08 bits per heavy atom. The number of aromatic amines is 1. The number of carbonyl (C=O) groups is 1. The maximum atomic E-state index is 12.8. The number of piperidine rings is 1. The molecule has 8 nitrogen and oxygen atoms in total. The van der Waals surface area contributed by atoms with Gasteiger partial charge >= 0.3 is 6.18 Å². The third kappa shape index (κ3) is 5.21. The lowest BCUT2D eigenvalue weighted by molar-refractivity contribution is -0.137. The van der Waals surface area contributed by atoms with Gasteiger partial charge < -0.3 is 10.4 Å². The molecule has 1 aliphatic rings. The van der Waals surface area contributed by atoms with E-state index in [0.717, 1.165) is 61.3 Å². The molecule has 3 N–H and O–H groups in total. The van der Waals surface area contributed by atoms with Crippen LogP contribution in [-0.2, 0) is 12.7 Å². The highest BCUT2D eigenvalue weighted by Crippen LogP contribution is 2.29. The fourth-order valence-electron chi connectivity index (χ4n) is 4.25. The van der Waals surface area contributed by atoms with Crippen molar-refractivity contribution < 1.29 is 23.1 Å². The number of fused-ring (bicyclic) bond motifs is 1. The number of aliphatic hydroxyl groups excluding tert-OH is 1. The molecule has 3 aromatic heterocycles. The number of hydrogen-bond donors (Lipinski definition) is 3. The van der Waals surface area contributed by atoms with Crippen molar-refractivity contribution in [2.45, 2.75) is 31.7 Å². The van der Waals surface area contributed by atoms with Crippen LogP contribution in [0.3, 0.4) is 0 Å². The average molecular weight is 496 g/mol. The van der Waals surface area contributed by atoms with E-state index < -0.39 is 17.6 Å². The van der Waals surface area contributed by atoms with Crippen LogP contribution >= 0.6 is 0 Å². The number of aliphatic hydroxyl groups is 1. The van der Waals surface area contributed by atoms with Gasteiger partial charge in [-0.3, -0.25) is 19.8 Å². The Labute approximate surface area is 204 Å². The van der Waals surface area contributed by atoms with Gasteiger partial charge in [-0.05, 0) is 54.3 Å². The van der Waals surface area contributed by atoms with Gasteiger partial charge in [0.1, 0.15) is 5.82 Å². The number of pyridine rings is 2. The summed E-state index contributed by atoms with van der Waals surface area (Å²) >= 11 is 0. The number of hydrogen-bond acceptors (Lipinski definition) is 6. The highest BCUT2D eigenvalue weighted by atomic mass is 19.4. The highest BCUT2D eigenvalue weighted by Gasteiger charge is 2.30. The lowest BCUT2D eigenvalue weighted by Crippen LogP contribution is -2.35. The Hall–Kier alpha value is -3.83. The number of halogens is 3. The molecule has 4 heterocycles. The second kappa shape index (κ2) is 9.67. The van der Waals surface area contributed by atoms with Gasteiger partial charge in [0.05, 0.1) is 17.2 Å². The van der Waals surface area contributed by atoms with Gasteiger partial charge in [-0.15, -0.1) is 0 Å². The molecule has 1 saturated heterocycles. The first-order valence-electron chi connectivity index (χ1n) is 11.4. The third-order valence-corrected chi connectivity index (χ3v) is 6.20. The first-order chi connectivity index (χ1) is 17.3. The predicted molar refractivity (Wildman–Crippen MR) is 127 cm³/mol. The van der Waals surface area contributed by atoms with E-state index in [-0.39, 0.29) is 17.6 Å². The van der Waals surface area contributed by atoms with Gasteiger partial charge in [0.2, 0.25) is 0 Å². The van der Waals surface area contributed by atoms with Crippen molar-refractivity contribution in [3.63, 3.8) is 0 Å². The Morgan fingerprint density at radius 3 is 2.61 bits per heavy atom. The van der Waals surface area contributed by atoms with Crippen LogP contribution in [0.2, 0.25) is 0 Å². The molecule has 0 atom stereocenters. The molecule has 36 heavy (non-hydrogen) atoms. The highest BCUT2D eigenvalue weighted by molar-refractivity contribution is 6.11. The lowest BCUT2D eigenvalue weighted by atomic mass is 10.0. The number of nitrogens with zero attached hydrogens (tertiary/aromatic N) is 4. The first-order valence-corrected chi connectivity index (χ1v) is 11.4. The van der Waals surface area contributed by atoms with Crippen LogP contribution in [0.4, 0.5) is 19.0 Å². The van der Waals surface area contributed by atoms with Crippen molar-refractivity contribution in [2.75, 3.05) is 18.4 Å². The number of amides is 1. The van der Waals surface area contributed by atoms with E-state index in [1.165, 1.54) is 0 Å². The molecular weight excluding hydrogens is 473 g/mol. The van der Waals surface area contributed by atoms with Gasteiger partial charge in [0.15, 0.2) is 5.69 Å². The number of nitrogens with one attached hydrogen (secondary N) is 2. The minimum absolute atomic E-state index is 0.0116. The van der Waals surface area contributed by atoms with Crippen molar-refractivity contribution in [1.29, 1.82) is 0 Å². The molecule has 1 aliphatic heterocycles. The molecule has 0 bridgehead atoms. The third-order valence-electron chi connectivity index (χ3n) is 6.20. The number of alkyl halides is 3. The molecule has 0 saturated carbocycles. The molecule has 1 aromatic carbocycles. The van der Waals surface area contributed by atoms with Crippen LogP contribution in [0.5, 0.6) is 0 Å². The zero-order valence-corrected chi connectivity index (χ0v) is 19.1.